The molecule has 0 aliphatic heterocycles. The molecular formula is C34H35N3O4S. The Kier molecular flexibility index (Phi) is 10.8. The van der Waals surface area contributed by atoms with Crippen LogP contribution in [0.1, 0.15) is 33.5 Å². The van der Waals surface area contributed by atoms with Crippen LogP contribution in [0, 0.1) is 6.92 Å². The van der Waals surface area contributed by atoms with Gasteiger partial charge in [0.1, 0.15) is 6.04 Å². The second-order valence-electron chi connectivity index (χ2n) is 9.92. The monoisotopic (exact) mass is 581 g/mol. The van der Waals surface area contributed by atoms with Gasteiger partial charge < -0.3 is 20.6 Å². The molecule has 0 aliphatic carbocycles. The fourth-order valence-corrected chi connectivity index (χ4v) is 5.25. The van der Waals surface area contributed by atoms with E-state index in [1.165, 1.54) is 0 Å². The minimum absolute atomic E-state index is 0.339. The minimum Gasteiger partial charge on any atom is -0.480 e. The highest BCUT2D eigenvalue weighted by Crippen LogP contribution is 2.32. The Hall–Kier alpha value is -4.56. The Balaban J connectivity index is 1.57. The summed E-state index contributed by atoms with van der Waals surface area (Å²) in [6, 6.07) is 29.9. The summed E-state index contributed by atoms with van der Waals surface area (Å²) in [5.41, 5.74) is 6.69. The van der Waals surface area contributed by atoms with E-state index < -0.39 is 17.9 Å². The van der Waals surface area contributed by atoms with Gasteiger partial charge in [-0.05, 0) is 83.5 Å². The van der Waals surface area contributed by atoms with Crippen LogP contribution >= 0.6 is 11.8 Å². The first-order chi connectivity index (χ1) is 20.4. The summed E-state index contributed by atoms with van der Waals surface area (Å²) in [5, 5.41) is 15.9. The number of aliphatic carboxylic acids is 1. The molecule has 0 spiro atoms. The first-order valence-electron chi connectivity index (χ1n) is 13.7. The SMILES string of the molecule is CSCC[C@H](NC(=O)c1cccc(CNc2ccc(N(C=O)Cc3ccccc3)cc2)c1-c1ccccc1C)C(=O)O. The third kappa shape index (κ3) is 7.79. The van der Waals surface area contributed by atoms with Gasteiger partial charge in [0, 0.05) is 23.5 Å². The van der Waals surface area contributed by atoms with Crippen molar-refractivity contribution in [2.75, 3.05) is 22.2 Å². The number of carbonyl (C=O) groups excluding carboxylic acids is 2. The summed E-state index contributed by atoms with van der Waals surface area (Å²) in [6.45, 7) is 2.90. The van der Waals surface area contributed by atoms with E-state index in [0.29, 0.717) is 30.8 Å². The number of thioether (sulfide) groups is 1. The molecule has 7 nitrogen and oxygen atoms in total. The maximum atomic E-state index is 13.5. The number of aryl methyl sites for hydroxylation is 1. The molecule has 0 heterocycles. The van der Waals surface area contributed by atoms with E-state index >= 15 is 0 Å². The summed E-state index contributed by atoms with van der Waals surface area (Å²) in [7, 11) is 0. The maximum Gasteiger partial charge on any atom is 0.326 e. The van der Waals surface area contributed by atoms with Crippen molar-refractivity contribution >= 4 is 41.4 Å². The molecule has 3 N–H and O–H groups in total. The zero-order chi connectivity index (χ0) is 29.9. The molecule has 0 unspecified atom stereocenters. The van der Waals surface area contributed by atoms with E-state index in [0.717, 1.165) is 45.6 Å². The van der Waals surface area contributed by atoms with Crippen LogP contribution in [0.3, 0.4) is 0 Å². The number of hydrogen-bond donors (Lipinski definition) is 3. The molecule has 1 atom stereocenters. The molecule has 0 aromatic heterocycles. The zero-order valence-corrected chi connectivity index (χ0v) is 24.6. The van der Waals surface area contributed by atoms with Crippen molar-refractivity contribution < 1.29 is 19.5 Å². The number of amides is 2. The summed E-state index contributed by atoms with van der Waals surface area (Å²) >= 11 is 1.54. The van der Waals surface area contributed by atoms with Crippen LogP contribution < -0.4 is 15.5 Å². The highest BCUT2D eigenvalue weighted by atomic mass is 32.2. The lowest BCUT2D eigenvalue weighted by Crippen LogP contribution is -2.41. The standard InChI is InChI=1S/C34H35N3O4S/c1-24-9-6-7-13-29(24)32-26(12-8-14-30(32)33(39)36-31(34(40)41)19-20-42-2)21-35-27-15-17-28(18-16-27)37(23-38)22-25-10-4-3-5-11-25/h3-18,23,31,35H,19-22H2,1-2H3,(H,36,39)(H,40,41)/t31-/m0/s1. The van der Waals surface area contributed by atoms with E-state index in [9.17, 15) is 19.5 Å². The summed E-state index contributed by atoms with van der Waals surface area (Å²) in [4.78, 5) is 38.8. The smallest absolute Gasteiger partial charge is 0.326 e. The van der Waals surface area contributed by atoms with Crippen molar-refractivity contribution in [3.05, 3.63) is 119 Å². The van der Waals surface area contributed by atoms with E-state index in [1.807, 2.05) is 104 Å². The number of carboxylic acids is 1. The number of carboxylic acid groups (broad SMARTS) is 1. The number of anilines is 2. The van der Waals surface area contributed by atoms with Crippen LogP contribution in [0.4, 0.5) is 11.4 Å². The van der Waals surface area contributed by atoms with Crippen LogP contribution in [0.5, 0.6) is 0 Å². The average Bonchev–Trinajstić information content (AvgIpc) is 3.01. The lowest BCUT2D eigenvalue weighted by atomic mass is 9.91. The van der Waals surface area contributed by atoms with Crippen molar-refractivity contribution in [1.82, 2.24) is 5.32 Å². The Morgan fingerprint density at radius 1 is 0.929 bits per heavy atom. The minimum atomic E-state index is -1.05. The average molecular weight is 582 g/mol. The summed E-state index contributed by atoms with van der Waals surface area (Å²) in [6.07, 6.45) is 3.08. The fraction of sp³-hybridized carbons (Fsp3) is 0.206. The molecule has 8 heteroatoms. The van der Waals surface area contributed by atoms with Crippen LogP contribution in [0.15, 0.2) is 97.1 Å². The van der Waals surface area contributed by atoms with Crippen LogP contribution in [0.25, 0.3) is 11.1 Å². The number of nitrogens with one attached hydrogen (secondary N) is 2. The third-order valence-corrected chi connectivity index (χ3v) is 7.67. The molecule has 42 heavy (non-hydrogen) atoms. The molecule has 0 saturated carbocycles. The maximum absolute atomic E-state index is 13.5. The molecule has 0 aliphatic rings. The molecule has 4 aromatic rings. The quantitative estimate of drug-likeness (QED) is 0.150. The Labute approximate surface area is 251 Å². The van der Waals surface area contributed by atoms with Gasteiger partial charge in [-0.1, -0.05) is 66.7 Å². The van der Waals surface area contributed by atoms with Crippen LogP contribution in [0.2, 0.25) is 0 Å². The molecule has 0 bridgehead atoms. The van der Waals surface area contributed by atoms with Gasteiger partial charge in [0.15, 0.2) is 0 Å². The zero-order valence-electron chi connectivity index (χ0n) is 23.7. The molecule has 0 radical (unpaired) electrons. The Morgan fingerprint density at radius 2 is 1.64 bits per heavy atom. The van der Waals surface area contributed by atoms with Gasteiger partial charge >= 0.3 is 5.97 Å². The second kappa shape index (κ2) is 14.9. The van der Waals surface area contributed by atoms with Crippen LogP contribution in [-0.2, 0) is 22.7 Å². The lowest BCUT2D eigenvalue weighted by molar-refractivity contribution is -0.139. The first-order valence-corrected chi connectivity index (χ1v) is 15.1. The van der Waals surface area contributed by atoms with Gasteiger partial charge in [0.05, 0.1) is 6.54 Å². The number of benzene rings is 4. The van der Waals surface area contributed by atoms with Gasteiger partial charge in [-0.2, -0.15) is 11.8 Å². The molecule has 0 saturated heterocycles. The van der Waals surface area contributed by atoms with E-state index in [2.05, 4.69) is 10.6 Å². The van der Waals surface area contributed by atoms with Gasteiger partial charge in [0.25, 0.3) is 5.91 Å². The lowest BCUT2D eigenvalue weighted by Gasteiger charge is -2.20. The normalized spacial score (nSPS) is 11.4. The second-order valence-corrected chi connectivity index (χ2v) is 10.9. The van der Waals surface area contributed by atoms with Crippen molar-refractivity contribution in [3.8, 4) is 11.1 Å². The highest BCUT2D eigenvalue weighted by Gasteiger charge is 2.23. The van der Waals surface area contributed by atoms with Gasteiger partial charge in [-0.15, -0.1) is 0 Å². The Bertz CT molecular complexity index is 1510. The Morgan fingerprint density at radius 3 is 2.31 bits per heavy atom. The molecule has 216 valence electrons. The van der Waals surface area contributed by atoms with Crippen molar-refractivity contribution in [3.63, 3.8) is 0 Å². The topological polar surface area (TPSA) is 98.7 Å². The predicted octanol–water partition coefficient (Wildman–Crippen LogP) is 6.37. The molecule has 4 aromatic carbocycles. The van der Waals surface area contributed by atoms with E-state index in [4.69, 9.17) is 0 Å². The third-order valence-electron chi connectivity index (χ3n) is 7.03. The molecule has 4 rings (SSSR count). The predicted molar refractivity (Wildman–Crippen MR) is 171 cm³/mol. The number of carbonyl (C=O) groups is 3. The molecular weight excluding hydrogens is 546 g/mol. The number of rotatable bonds is 14. The van der Waals surface area contributed by atoms with Crippen molar-refractivity contribution in [2.45, 2.75) is 32.5 Å². The van der Waals surface area contributed by atoms with Crippen LogP contribution in [-0.4, -0.2) is 41.4 Å². The van der Waals surface area contributed by atoms with Crippen molar-refractivity contribution in [2.24, 2.45) is 0 Å². The number of hydrogen-bond acceptors (Lipinski definition) is 5. The van der Waals surface area contributed by atoms with E-state index in [-0.39, 0.29) is 0 Å². The largest absolute Gasteiger partial charge is 0.480 e. The van der Waals surface area contributed by atoms with E-state index in [1.54, 1.807) is 22.7 Å². The molecule has 0 fully saturated rings. The number of nitrogens with zero attached hydrogens (tertiary/aromatic N) is 1. The van der Waals surface area contributed by atoms with Gasteiger partial charge in [-0.3, -0.25) is 9.59 Å². The highest BCUT2D eigenvalue weighted by molar-refractivity contribution is 7.98. The summed E-state index contributed by atoms with van der Waals surface area (Å²) in [5.74, 6) is -0.838. The fourth-order valence-electron chi connectivity index (χ4n) is 4.77. The first kappa shape index (κ1) is 30.4. The van der Waals surface area contributed by atoms with Crippen molar-refractivity contribution in [1.29, 1.82) is 0 Å². The van der Waals surface area contributed by atoms with Gasteiger partial charge in [-0.25, -0.2) is 4.79 Å². The molecule has 2 amide bonds. The summed E-state index contributed by atoms with van der Waals surface area (Å²) < 4.78 is 0. The van der Waals surface area contributed by atoms with Gasteiger partial charge in [0.2, 0.25) is 6.41 Å².